The maximum atomic E-state index is 6.67. The Balaban J connectivity index is 0.969. The van der Waals surface area contributed by atoms with Gasteiger partial charge in [0.05, 0.1) is 5.69 Å². The highest BCUT2D eigenvalue weighted by Crippen LogP contribution is 2.51. The number of nitrogens with zero attached hydrogens (tertiary/aromatic N) is 1. The summed E-state index contributed by atoms with van der Waals surface area (Å²) in [5.74, 6) is 0. The third-order valence-corrected chi connectivity index (χ3v) is 12.8. The zero-order valence-corrected chi connectivity index (χ0v) is 32.9. The molecule has 0 unspecified atom stereocenters. The fraction of sp³-hybridized carbons (Fsp3) is 0.0526. The molecule has 0 atom stereocenters. The van der Waals surface area contributed by atoms with E-state index in [2.05, 4.69) is 213 Å². The SMILES string of the molecule is CC1(C)c2ccccc2-c2ccc(N(c3ccc(-c4cccc(-c5ccc6c7ccccc7c7ccccc7c6c5)c4)cc3)c3cccc4c3oc3ccccc34)cc21. The molecule has 0 amide bonds. The van der Waals surface area contributed by atoms with E-state index in [9.17, 15) is 0 Å². The maximum Gasteiger partial charge on any atom is 0.159 e. The van der Waals surface area contributed by atoms with Crippen molar-refractivity contribution in [3.63, 3.8) is 0 Å². The first kappa shape index (κ1) is 33.7. The molecule has 1 aliphatic carbocycles. The third-order valence-electron chi connectivity index (χ3n) is 12.8. The van der Waals surface area contributed by atoms with Gasteiger partial charge < -0.3 is 9.32 Å². The molecule has 0 aliphatic heterocycles. The van der Waals surface area contributed by atoms with Gasteiger partial charge in [0.1, 0.15) is 5.58 Å². The number of furan rings is 1. The van der Waals surface area contributed by atoms with Crippen molar-refractivity contribution in [1.29, 1.82) is 0 Å². The molecule has 0 spiro atoms. The first-order valence-electron chi connectivity index (χ1n) is 20.5. The normalized spacial score (nSPS) is 13.1. The zero-order chi connectivity index (χ0) is 39.2. The van der Waals surface area contributed by atoms with E-state index < -0.39 is 0 Å². The quantitative estimate of drug-likeness (QED) is 0.163. The molecule has 0 saturated carbocycles. The summed E-state index contributed by atoms with van der Waals surface area (Å²) < 4.78 is 6.67. The van der Waals surface area contributed by atoms with Crippen LogP contribution in [0.15, 0.2) is 205 Å². The van der Waals surface area contributed by atoms with Gasteiger partial charge in [-0.1, -0.05) is 166 Å². The fourth-order valence-corrected chi connectivity index (χ4v) is 9.94. The Hall–Kier alpha value is -7.42. The fourth-order valence-electron chi connectivity index (χ4n) is 9.94. The lowest BCUT2D eigenvalue weighted by Gasteiger charge is -2.28. The van der Waals surface area contributed by atoms with Crippen LogP contribution in [0, 0.1) is 0 Å². The molecule has 11 aromatic rings. The standard InChI is InChI=1S/C57H39NO/c1-57(2)52-22-9-7-19-47(52)48-32-30-41(35-53(48)57)58(54-23-12-21-50-49-20-8-10-24-55(49)59-56(50)54)40-28-25-36(26-29-40)37-13-11-14-38(33-37)39-27-31-46-44-17-4-3-15-42(44)43-16-5-6-18-45(43)51(46)34-39/h3-35H,1-2H3. The van der Waals surface area contributed by atoms with E-state index in [0.717, 1.165) is 39.0 Å². The lowest BCUT2D eigenvalue weighted by molar-refractivity contribution is 0.660. The van der Waals surface area contributed by atoms with Gasteiger partial charge in [0.2, 0.25) is 0 Å². The first-order chi connectivity index (χ1) is 29.0. The van der Waals surface area contributed by atoms with Gasteiger partial charge in [0.25, 0.3) is 0 Å². The molecule has 0 bridgehead atoms. The second kappa shape index (κ2) is 12.8. The van der Waals surface area contributed by atoms with E-state index >= 15 is 0 Å². The van der Waals surface area contributed by atoms with Gasteiger partial charge in [-0.25, -0.2) is 0 Å². The summed E-state index contributed by atoms with van der Waals surface area (Å²) in [6, 6.07) is 73.1. The first-order valence-corrected chi connectivity index (χ1v) is 20.5. The molecule has 59 heavy (non-hydrogen) atoms. The average Bonchev–Trinajstić information content (AvgIpc) is 3.79. The van der Waals surface area contributed by atoms with Crippen molar-refractivity contribution in [2.24, 2.45) is 0 Å². The van der Waals surface area contributed by atoms with E-state index in [1.54, 1.807) is 0 Å². The van der Waals surface area contributed by atoms with Gasteiger partial charge in [-0.15, -0.1) is 0 Å². The summed E-state index contributed by atoms with van der Waals surface area (Å²) in [6.45, 7) is 4.69. The van der Waals surface area contributed by atoms with Crippen LogP contribution in [0.5, 0.6) is 0 Å². The lowest BCUT2D eigenvalue weighted by atomic mass is 9.82. The predicted octanol–water partition coefficient (Wildman–Crippen LogP) is 16.2. The van der Waals surface area contributed by atoms with Crippen LogP contribution in [-0.2, 0) is 5.41 Å². The second-order valence-corrected chi connectivity index (χ2v) is 16.5. The van der Waals surface area contributed by atoms with Crippen molar-refractivity contribution < 1.29 is 4.42 Å². The largest absolute Gasteiger partial charge is 0.454 e. The number of benzene rings is 10. The molecule has 0 radical (unpaired) electrons. The number of fused-ring (bicyclic) bond motifs is 12. The summed E-state index contributed by atoms with van der Waals surface area (Å²) in [6.07, 6.45) is 0. The van der Waals surface area contributed by atoms with Crippen LogP contribution in [-0.4, -0.2) is 0 Å². The summed E-state index contributed by atoms with van der Waals surface area (Å²) >= 11 is 0. The van der Waals surface area contributed by atoms with Gasteiger partial charge in [-0.3, -0.25) is 0 Å². The van der Waals surface area contributed by atoms with Crippen LogP contribution < -0.4 is 4.90 Å². The van der Waals surface area contributed by atoms with Gasteiger partial charge in [-0.2, -0.15) is 0 Å². The highest BCUT2D eigenvalue weighted by molar-refractivity contribution is 6.25. The van der Waals surface area contributed by atoms with Crippen LogP contribution in [0.25, 0.3) is 87.6 Å². The van der Waals surface area contributed by atoms with Crippen molar-refractivity contribution in [3.8, 4) is 33.4 Å². The molecule has 0 saturated heterocycles. The highest BCUT2D eigenvalue weighted by Gasteiger charge is 2.36. The van der Waals surface area contributed by atoms with Crippen molar-refractivity contribution in [1.82, 2.24) is 0 Å². The molecular formula is C57H39NO. The number of hydrogen-bond donors (Lipinski definition) is 0. The van der Waals surface area contributed by atoms with E-state index in [-0.39, 0.29) is 5.41 Å². The Morgan fingerprint density at radius 1 is 0.356 bits per heavy atom. The molecule has 0 fully saturated rings. The smallest absolute Gasteiger partial charge is 0.159 e. The molecular weight excluding hydrogens is 715 g/mol. The van der Waals surface area contributed by atoms with Gasteiger partial charge in [0.15, 0.2) is 5.58 Å². The van der Waals surface area contributed by atoms with E-state index in [4.69, 9.17) is 4.42 Å². The summed E-state index contributed by atoms with van der Waals surface area (Å²) in [5, 5.41) is 9.97. The molecule has 278 valence electrons. The van der Waals surface area contributed by atoms with Crippen LogP contribution in [0.3, 0.4) is 0 Å². The Kier molecular flexibility index (Phi) is 7.31. The lowest BCUT2D eigenvalue weighted by Crippen LogP contribution is -2.16. The Labute approximate surface area is 343 Å². The van der Waals surface area contributed by atoms with Gasteiger partial charge in [-0.05, 0) is 125 Å². The molecule has 10 aromatic carbocycles. The zero-order valence-electron chi connectivity index (χ0n) is 32.9. The molecule has 0 N–H and O–H groups in total. The molecule has 1 heterocycles. The minimum atomic E-state index is -0.125. The van der Waals surface area contributed by atoms with Gasteiger partial charge in [0, 0.05) is 27.6 Å². The van der Waals surface area contributed by atoms with Crippen LogP contribution >= 0.6 is 0 Å². The minimum Gasteiger partial charge on any atom is -0.454 e. The van der Waals surface area contributed by atoms with E-state index in [0.29, 0.717) is 0 Å². The van der Waals surface area contributed by atoms with E-state index in [1.807, 2.05) is 6.07 Å². The maximum absolute atomic E-state index is 6.67. The van der Waals surface area contributed by atoms with Crippen LogP contribution in [0.2, 0.25) is 0 Å². The molecule has 12 rings (SSSR count). The predicted molar refractivity (Wildman–Crippen MR) is 249 cm³/mol. The van der Waals surface area contributed by atoms with Gasteiger partial charge >= 0.3 is 0 Å². The Morgan fingerprint density at radius 3 is 1.66 bits per heavy atom. The van der Waals surface area contributed by atoms with Crippen LogP contribution in [0.4, 0.5) is 17.1 Å². The summed E-state index contributed by atoms with van der Waals surface area (Å²) in [5.41, 5.74) is 14.9. The van der Waals surface area contributed by atoms with Crippen molar-refractivity contribution >= 4 is 71.3 Å². The summed E-state index contributed by atoms with van der Waals surface area (Å²) in [7, 11) is 0. The number of anilines is 3. The number of rotatable bonds is 5. The molecule has 2 nitrogen and oxygen atoms in total. The Bertz CT molecular complexity index is 3440. The van der Waals surface area contributed by atoms with Crippen molar-refractivity contribution in [2.75, 3.05) is 4.90 Å². The Morgan fingerprint density at radius 2 is 0.898 bits per heavy atom. The minimum absolute atomic E-state index is 0.125. The van der Waals surface area contributed by atoms with Crippen LogP contribution in [0.1, 0.15) is 25.0 Å². The van der Waals surface area contributed by atoms with Crippen molar-refractivity contribution in [2.45, 2.75) is 19.3 Å². The monoisotopic (exact) mass is 753 g/mol. The molecule has 2 heteroatoms. The average molecular weight is 754 g/mol. The number of hydrogen-bond acceptors (Lipinski definition) is 2. The topological polar surface area (TPSA) is 16.4 Å². The molecule has 1 aliphatic rings. The van der Waals surface area contributed by atoms with E-state index in [1.165, 1.54) is 76.8 Å². The highest BCUT2D eigenvalue weighted by atomic mass is 16.3. The summed E-state index contributed by atoms with van der Waals surface area (Å²) in [4.78, 5) is 2.37. The van der Waals surface area contributed by atoms with Crippen molar-refractivity contribution in [3.05, 3.63) is 211 Å². The number of para-hydroxylation sites is 2. The second-order valence-electron chi connectivity index (χ2n) is 16.5. The third kappa shape index (κ3) is 5.13. The molecule has 1 aromatic heterocycles.